The van der Waals surface area contributed by atoms with E-state index in [-0.39, 0.29) is 0 Å². The van der Waals surface area contributed by atoms with Crippen molar-refractivity contribution in [2.24, 2.45) is 0 Å². The molecule has 0 rings (SSSR count). The molecule has 0 bridgehead atoms. The molecule has 0 fully saturated rings. The van der Waals surface area contributed by atoms with Crippen LogP contribution in [-0.4, -0.2) is 50.8 Å². The molecule has 0 aliphatic rings. The van der Waals surface area contributed by atoms with E-state index in [1.807, 2.05) is 0 Å². The van der Waals surface area contributed by atoms with E-state index in [1.54, 1.807) is 7.11 Å². The number of methoxy groups -OCH3 is 1. The number of likely N-dealkylation sites (N-methyl/N-ethyl adjacent to an activating group) is 1. The topological polar surface area (TPSA) is 24.5 Å². The Balaban J connectivity index is 3.63. The van der Waals surface area contributed by atoms with Crippen molar-refractivity contribution in [3.8, 4) is 0 Å². The normalized spacial score (nSPS) is 15.6. The first-order chi connectivity index (χ1) is 7.13. The summed E-state index contributed by atoms with van der Waals surface area (Å²) < 4.78 is 5.16. The second-order valence-electron chi connectivity index (χ2n) is 4.36. The first-order valence-electron chi connectivity index (χ1n) is 6.05. The van der Waals surface area contributed by atoms with Crippen molar-refractivity contribution in [3.63, 3.8) is 0 Å². The van der Waals surface area contributed by atoms with Crippen molar-refractivity contribution in [1.82, 2.24) is 10.2 Å². The van der Waals surface area contributed by atoms with Gasteiger partial charge in [0.2, 0.25) is 0 Å². The van der Waals surface area contributed by atoms with Gasteiger partial charge in [0.05, 0.1) is 6.61 Å². The molecule has 0 aromatic heterocycles. The van der Waals surface area contributed by atoms with E-state index in [1.165, 1.54) is 12.8 Å². The van der Waals surface area contributed by atoms with Crippen molar-refractivity contribution < 1.29 is 4.74 Å². The molecular formula is C12H28N2O. The van der Waals surface area contributed by atoms with Crippen LogP contribution >= 0.6 is 0 Å². The van der Waals surface area contributed by atoms with Crippen LogP contribution in [0.4, 0.5) is 0 Å². The maximum Gasteiger partial charge on any atom is 0.0615 e. The third-order valence-corrected chi connectivity index (χ3v) is 2.96. The van der Waals surface area contributed by atoms with Crippen LogP contribution in [0.2, 0.25) is 0 Å². The van der Waals surface area contributed by atoms with E-state index in [2.05, 4.69) is 38.0 Å². The lowest BCUT2D eigenvalue weighted by molar-refractivity contribution is 0.0914. The van der Waals surface area contributed by atoms with Crippen molar-refractivity contribution in [2.45, 2.75) is 45.7 Å². The Hall–Kier alpha value is -0.120. The van der Waals surface area contributed by atoms with E-state index < -0.39 is 0 Å². The Morgan fingerprint density at radius 1 is 1.20 bits per heavy atom. The Morgan fingerprint density at radius 3 is 2.40 bits per heavy atom. The standard InChI is InChI=1S/C12H28N2O/c1-6-8-13-9-7-11(2)14(4)12(3)10-15-5/h11-13H,6-10H2,1-5H3. The molecule has 0 aromatic carbocycles. The first-order valence-corrected chi connectivity index (χ1v) is 6.05. The van der Waals surface area contributed by atoms with Crippen LogP contribution in [0.15, 0.2) is 0 Å². The Kier molecular flexibility index (Phi) is 9.06. The Labute approximate surface area is 95.2 Å². The average Bonchev–Trinajstić information content (AvgIpc) is 2.23. The second-order valence-corrected chi connectivity index (χ2v) is 4.36. The van der Waals surface area contributed by atoms with Gasteiger partial charge in [-0.2, -0.15) is 0 Å². The predicted octanol–water partition coefficient (Wildman–Crippen LogP) is 1.73. The van der Waals surface area contributed by atoms with Crippen LogP contribution in [0.3, 0.4) is 0 Å². The summed E-state index contributed by atoms with van der Waals surface area (Å²) >= 11 is 0. The third-order valence-electron chi connectivity index (χ3n) is 2.96. The van der Waals surface area contributed by atoms with Gasteiger partial charge >= 0.3 is 0 Å². The van der Waals surface area contributed by atoms with Gasteiger partial charge in [-0.1, -0.05) is 6.92 Å². The maximum absolute atomic E-state index is 5.16. The Morgan fingerprint density at radius 2 is 1.87 bits per heavy atom. The van der Waals surface area contributed by atoms with Crippen LogP contribution in [0.25, 0.3) is 0 Å². The molecule has 2 atom stereocenters. The molecule has 3 nitrogen and oxygen atoms in total. The van der Waals surface area contributed by atoms with Gasteiger partial charge < -0.3 is 10.1 Å². The predicted molar refractivity (Wildman–Crippen MR) is 66.3 cm³/mol. The highest BCUT2D eigenvalue weighted by atomic mass is 16.5. The fourth-order valence-electron chi connectivity index (χ4n) is 1.61. The molecule has 0 aliphatic carbocycles. The zero-order valence-electron chi connectivity index (χ0n) is 11.0. The summed E-state index contributed by atoms with van der Waals surface area (Å²) in [6.45, 7) is 9.73. The van der Waals surface area contributed by atoms with E-state index >= 15 is 0 Å². The van der Waals surface area contributed by atoms with Gasteiger partial charge in [0.25, 0.3) is 0 Å². The molecule has 0 heterocycles. The lowest BCUT2D eigenvalue weighted by Gasteiger charge is -2.30. The average molecular weight is 216 g/mol. The van der Waals surface area contributed by atoms with Crippen LogP contribution < -0.4 is 5.32 Å². The van der Waals surface area contributed by atoms with Crippen LogP contribution in [-0.2, 0) is 4.74 Å². The zero-order chi connectivity index (χ0) is 11.7. The monoisotopic (exact) mass is 216 g/mol. The lowest BCUT2D eigenvalue weighted by Crippen LogP contribution is -2.40. The number of nitrogens with one attached hydrogen (secondary N) is 1. The molecular weight excluding hydrogens is 188 g/mol. The van der Waals surface area contributed by atoms with Gasteiger partial charge in [0.15, 0.2) is 0 Å². The molecule has 2 unspecified atom stereocenters. The van der Waals surface area contributed by atoms with Gasteiger partial charge in [-0.15, -0.1) is 0 Å². The highest BCUT2D eigenvalue weighted by Crippen LogP contribution is 2.05. The van der Waals surface area contributed by atoms with Gasteiger partial charge in [-0.05, 0) is 46.8 Å². The van der Waals surface area contributed by atoms with Crippen molar-refractivity contribution in [1.29, 1.82) is 0 Å². The van der Waals surface area contributed by atoms with Crippen molar-refractivity contribution >= 4 is 0 Å². The molecule has 3 heteroatoms. The molecule has 0 amide bonds. The van der Waals surface area contributed by atoms with Crippen LogP contribution in [0.5, 0.6) is 0 Å². The minimum Gasteiger partial charge on any atom is -0.383 e. The highest BCUT2D eigenvalue weighted by molar-refractivity contribution is 4.70. The molecule has 0 saturated heterocycles. The van der Waals surface area contributed by atoms with Gasteiger partial charge in [-0.3, -0.25) is 4.90 Å². The van der Waals surface area contributed by atoms with Gasteiger partial charge in [-0.25, -0.2) is 0 Å². The lowest BCUT2D eigenvalue weighted by atomic mass is 10.1. The quantitative estimate of drug-likeness (QED) is 0.594. The minimum atomic E-state index is 0.496. The summed E-state index contributed by atoms with van der Waals surface area (Å²) in [6, 6.07) is 1.11. The van der Waals surface area contributed by atoms with E-state index in [4.69, 9.17) is 4.74 Å². The number of rotatable bonds is 9. The molecule has 92 valence electrons. The molecule has 0 aromatic rings. The third kappa shape index (κ3) is 6.88. The summed E-state index contributed by atoms with van der Waals surface area (Å²) in [6.07, 6.45) is 2.41. The number of nitrogens with zero attached hydrogens (tertiary/aromatic N) is 1. The highest BCUT2D eigenvalue weighted by Gasteiger charge is 2.14. The van der Waals surface area contributed by atoms with E-state index in [9.17, 15) is 0 Å². The fraction of sp³-hybridized carbons (Fsp3) is 1.00. The first kappa shape index (κ1) is 14.9. The van der Waals surface area contributed by atoms with Crippen molar-refractivity contribution in [2.75, 3.05) is 33.9 Å². The van der Waals surface area contributed by atoms with E-state index in [0.717, 1.165) is 19.7 Å². The molecule has 15 heavy (non-hydrogen) atoms. The molecule has 0 spiro atoms. The largest absolute Gasteiger partial charge is 0.383 e. The second kappa shape index (κ2) is 9.13. The summed E-state index contributed by atoms with van der Waals surface area (Å²) in [7, 11) is 3.94. The zero-order valence-corrected chi connectivity index (χ0v) is 11.0. The summed E-state index contributed by atoms with van der Waals surface area (Å²) in [5, 5.41) is 3.43. The molecule has 0 radical (unpaired) electrons. The van der Waals surface area contributed by atoms with E-state index in [0.29, 0.717) is 12.1 Å². The number of hydrogen-bond acceptors (Lipinski definition) is 3. The maximum atomic E-state index is 5.16. The Bertz CT molecular complexity index is 142. The summed E-state index contributed by atoms with van der Waals surface area (Å²) in [5.41, 5.74) is 0. The SMILES string of the molecule is CCCNCCC(C)N(C)C(C)COC. The van der Waals surface area contributed by atoms with Crippen molar-refractivity contribution in [3.05, 3.63) is 0 Å². The number of ether oxygens (including phenoxy) is 1. The molecule has 1 N–H and O–H groups in total. The molecule has 0 aliphatic heterocycles. The van der Waals surface area contributed by atoms with Crippen LogP contribution in [0, 0.1) is 0 Å². The number of hydrogen-bond donors (Lipinski definition) is 1. The van der Waals surface area contributed by atoms with Crippen LogP contribution in [0.1, 0.15) is 33.6 Å². The molecule has 0 saturated carbocycles. The summed E-state index contributed by atoms with van der Waals surface area (Å²) in [5.74, 6) is 0. The fourth-order valence-corrected chi connectivity index (χ4v) is 1.61. The summed E-state index contributed by atoms with van der Waals surface area (Å²) in [4.78, 5) is 2.39. The smallest absolute Gasteiger partial charge is 0.0615 e. The minimum absolute atomic E-state index is 0.496. The van der Waals surface area contributed by atoms with Gasteiger partial charge in [0, 0.05) is 19.2 Å². The van der Waals surface area contributed by atoms with Gasteiger partial charge in [0.1, 0.15) is 0 Å².